The van der Waals surface area contributed by atoms with Gasteiger partial charge in [0.25, 0.3) is 5.91 Å². The molecule has 36 heavy (non-hydrogen) atoms. The van der Waals surface area contributed by atoms with Gasteiger partial charge in [0.15, 0.2) is 0 Å². The highest BCUT2D eigenvalue weighted by molar-refractivity contribution is 7.53. The number of carbonyl (C=O) groups is 2. The van der Waals surface area contributed by atoms with Crippen molar-refractivity contribution < 1.29 is 27.9 Å². The maximum atomic E-state index is 13.6. The monoisotopic (exact) mass is 509 g/mol. The van der Waals surface area contributed by atoms with Gasteiger partial charge in [0.1, 0.15) is 6.10 Å². The van der Waals surface area contributed by atoms with E-state index in [4.69, 9.17) is 13.8 Å². The Morgan fingerprint density at radius 2 is 1.44 bits per heavy atom. The van der Waals surface area contributed by atoms with Crippen LogP contribution in [0.4, 0.5) is 5.69 Å². The topological polar surface area (TPSA) is 90.9 Å². The number of carbonyl (C=O) groups excluding carboxylic acids is 2. The van der Waals surface area contributed by atoms with Gasteiger partial charge in [0, 0.05) is 12.1 Å². The number of anilines is 1. The molecule has 7 nitrogen and oxygen atoms in total. The normalized spacial score (nSPS) is 13.4. The number of nitrogens with one attached hydrogen (secondary N) is 1. The van der Waals surface area contributed by atoms with Crippen molar-refractivity contribution in [3.05, 3.63) is 102 Å². The lowest BCUT2D eigenvalue weighted by molar-refractivity contribution is -0.123. The molecule has 0 radical (unpaired) electrons. The summed E-state index contributed by atoms with van der Waals surface area (Å²) < 4.78 is 30.2. The molecule has 2 atom stereocenters. The van der Waals surface area contributed by atoms with Crippen LogP contribution in [0.2, 0.25) is 0 Å². The fraction of sp³-hybridized carbons (Fsp3) is 0.286. The van der Waals surface area contributed by atoms with E-state index in [1.54, 1.807) is 38.1 Å². The third-order valence-corrected chi connectivity index (χ3v) is 7.35. The zero-order chi connectivity index (χ0) is 25.8. The number of benzene rings is 3. The minimum atomic E-state index is -3.59. The van der Waals surface area contributed by atoms with Gasteiger partial charge in [-0.05, 0) is 55.7 Å². The van der Waals surface area contributed by atoms with Crippen molar-refractivity contribution in [2.45, 2.75) is 32.8 Å². The Morgan fingerprint density at radius 1 is 0.833 bits per heavy atom. The Morgan fingerprint density at radius 3 is 2.03 bits per heavy atom. The van der Waals surface area contributed by atoms with E-state index in [0.717, 1.165) is 11.1 Å². The van der Waals surface area contributed by atoms with E-state index < -0.39 is 25.6 Å². The number of amides is 1. The molecule has 0 spiro atoms. The second-order valence-electron chi connectivity index (χ2n) is 8.06. The minimum absolute atomic E-state index is 0.150. The van der Waals surface area contributed by atoms with Crippen molar-refractivity contribution in [1.29, 1.82) is 0 Å². The van der Waals surface area contributed by atoms with Crippen LogP contribution < -0.4 is 5.32 Å². The summed E-state index contributed by atoms with van der Waals surface area (Å²) in [5.74, 6) is -0.890. The molecule has 0 aromatic heterocycles. The molecule has 0 aliphatic carbocycles. The van der Waals surface area contributed by atoms with Gasteiger partial charge in [0.2, 0.25) is 0 Å². The first-order valence-corrected chi connectivity index (χ1v) is 13.7. The van der Waals surface area contributed by atoms with Crippen LogP contribution >= 0.6 is 7.60 Å². The third-order valence-electron chi connectivity index (χ3n) is 5.35. The zero-order valence-electron chi connectivity index (χ0n) is 20.6. The van der Waals surface area contributed by atoms with Gasteiger partial charge < -0.3 is 14.6 Å². The van der Waals surface area contributed by atoms with Crippen molar-refractivity contribution in [1.82, 2.24) is 0 Å². The second kappa shape index (κ2) is 13.7. The molecule has 3 rings (SSSR count). The molecule has 0 heterocycles. The highest BCUT2D eigenvalue weighted by atomic mass is 31.2. The van der Waals surface area contributed by atoms with Crippen molar-refractivity contribution in [2.24, 2.45) is 0 Å². The Labute approximate surface area is 212 Å². The van der Waals surface area contributed by atoms with E-state index in [1.165, 1.54) is 0 Å². The van der Waals surface area contributed by atoms with E-state index in [-0.39, 0.29) is 25.8 Å². The fourth-order valence-corrected chi connectivity index (χ4v) is 5.36. The largest absolute Gasteiger partial charge is 0.462 e. The average molecular weight is 510 g/mol. The Balaban J connectivity index is 1.77. The molecule has 190 valence electrons. The summed E-state index contributed by atoms with van der Waals surface area (Å²) in [5, 5.41) is 2.81. The minimum Gasteiger partial charge on any atom is -0.462 e. The van der Waals surface area contributed by atoms with Crippen LogP contribution in [-0.2, 0) is 36.0 Å². The lowest BCUT2D eigenvalue weighted by Crippen LogP contribution is -2.32. The first-order chi connectivity index (χ1) is 17.4. The highest BCUT2D eigenvalue weighted by Crippen LogP contribution is 2.50. The molecule has 0 saturated carbocycles. The predicted molar refractivity (Wildman–Crippen MR) is 140 cm³/mol. The number of esters is 1. The molecule has 3 aromatic rings. The van der Waals surface area contributed by atoms with Crippen molar-refractivity contribution in [3.8, 4) is 0 Å². The standard InChI is InChI=1S/C28H32NO6P/c1-3-33-28(31)24-15-17-25(18-16-24)29-27(30)26(21-23-13-9-6-10-14-23)35-36(32,34-4-2)20-19-22-11-7-5-8-12-22/h5-18,26H,3-4,19-21H2,1-2H3,(H,29,30)/t26-,36?/m0/s1. The van der Waals surface area contributed by atoms with Gasteiger partial charge >= 0.3 is 13.6 Å². The quantitative estimate of drug-likeness (QED) is 0.228. The molecular formula is C28H32NO6P. The first kappa shape index (κ1) is 27.3. The van der Waals surface area contributed by atoms with Gasteiger partial charge in [-0.2, -0.15) is 0 Å². The maximum absolute atomic E-state index is 13.6. The molecule has 3 aromatic carbocycles. The summed E-state index contributed by atoms with van der Waals surface area (Å²) in [6.45, 7) is 3.96. The molecule has 0 aliphatic heterocycles. The molecule has 0 aliphatic rings. The Bertz CT molecular complexity index is 1150. The molecular weight excluding hydrogens is 477 g/mol. The van der Waals surface area contributed by atoms with E-state index in [2.05, 4.69) is 5.32 Å². The zero-order valence-corrected chi connectivity index (χ0v) is 21.5. The van der Waals surface area contributed by atoms with Crippen LogP contribution in [-0.4, -0.2) is 37.4 Å². The average Bonchev–Trinajstić information content (AvgIpc) is 2.89. The van der Waals surface area contributed by atoms with Crippen molar-refractivity contribution >= 4 is 25.2 Å². The second-order valence-corrected chi connectivity index (χ2v) is 10.2. The Hall–Kier alpha value is -3.25. The van der Waals surface area contributed by atoms with Crippen LogP contribution in [0.15, 0.2) is 84.9 Å². The Kier molecular flexibility index (Phi) is 10.4. The number of hydrogen-bond donors (Lipinski definition) is 1. The molecule has 1 amide bonds. The van der Waals surface area contributed by atoms with Crippen LogP contribution in [0, 0.1) is 0 Å². The third kappa shape index (κ3) is 8.45. The molecule has 8 heteroatoms. The molecule has 0 saturated heterocycles. The van der Waals surface area contributed by atoms with Gasteiger partial charge in [-0.1, -0.05) is 60.7 Å². The predicted octanol–water partition coefficient (Wildman–Crippen LogP) is 5.90. The fourth-order valence-electron chi connectivity index (χ4n) is 3.58. The summed E-state index contributed by atoms with van der Waals surface area (Å²) in [6, 6.07) is 25.4. The first-order valence-electron chi connectivity index (χ1n) is 12.0. The summed E-state index contributed by atoms with van der Waals surface area (Å²) in [6.07, 6.45) is -0.189. The summed E-state index contributed by atoms with van der Waals surface area (Å²) in [4.78, 5) is 25.2. The van der Waals surface area contributed by atoms with Crippen LogP contribution in [0.1, 0.15) is 35.3 Å². The van der Waals surface area contributed by atoms with Crippen molar-refractivity contribution in [3.63, 3.8) is 0 Å². The van der Waals surface area contributed by atoms with E-state index in [9.17, 15) is 14.2 Å². The number of aryl methyl sites for hydroxylation is 1. The number of ether oxygens (including phenoxy) is 1. The maximum Gasteiger partial charge on any atom is 0.338 e. The van der Waals surface area contributed by atoms with E-state index >= 15 is 0 Å². The summed E-state index contributed by atoms with van der Waals surface area (Å²) in [7, 11) is -3.59. The van der Waals surface area contributed by atoms with Gasteiger partial charge in [-0.15, -0.1) is 0 Å². The molecule has 1 unspecified atom stereocenters. The van der Waals surface area contributed by atoms with Crippen LogP contribution in [0.3, 0.4) is 0 Å². The lowest BCUT2D eigenvalue weighted by atomic mass is 10.1. The SMILES string of the molecule is CCOC(=O)c1ccc(NC(=O)[C@H](Cc2ccccc2)OP(=O)(CCc2ccccc2)OCC)cc1. The lowest BCUT2D eigenvalue weighted by Gasteiger charge is -2.24. The van der Waals surface area contributed by atoms with Gasteiger partial charge in [0.05, 0.1) is 24.9 Å². The molecule has 0 bridgehead atoms. The highest BCUT2D eigenvalue weighted by Gasteiger charge is 2.32. The molecule has 1 N–H and O–H groups in total. The van der Waals surface area contributed by atoms with E-state index in [1.807, 2.05) is 60.7 Å². The number of hydrogen-bond acceptors (Lipinski definition) is 6. The van der Waals surface area contributed by atoms with Crippen molar-refractivity contribution in [2.75, 3.05) is 24.7 Å². The van der Waals surface area contributed by atoms with Gasteiger partial charge in [-0.25, -0.2) is 4.79 Å². The summed E-state index contributed by atoms with van der Waals surface area (Å²) in [5.41, 5.74) is 2.73. The molecule has 0 fully saturated rings. The van der Waals surface area contributed by atoms with Crippen LogP contribution in [0.25, 0.3) is 0 Å². The smallest absolute Gasteiger partial charge is 0.338 e. The van der Waals surface area contributed by atoms with Crippen LogP contribution in [0.5, 0.6) is 0 Å². The van der Waals surface area contributed by atoms with Gasteiger partial charge in [-0.3, -0.25) is 13.9 Å². The summed E-state index contributed by atoms with van der Waals surface area (Å²) >= 11 is 0. The van der Waals surface area contributed by atoms with E-state index in [0.29, 0.717) is 17.7 Å². The number of rotatable bonds is 13.